The summed E-state index contributed by atoms with van der Waals surface area (Å²) in [6.07, 6.45) is 1.32. The molecule has 0 aliphatic carbocycles. The lowest BCUT2D eigenvalue weighted by Gasteiger charge is -2.36. The average Bonchev–Trinajstić information content (AvgIpc) is 3.10. The van der Waals surface area contributed by atoms with Gasteiger partial charge >= 0.3 is 11.9 Å². The molecule has 1 aliphatic heterocycles. The van der Waals surface area contributed by atoms with Crippen molar-refractivity contribution in [2.75, 3.05) is 19.6 Å². The first-order valence-electron chi connectivity index (χ1n) is 16.7. The predicted molar refractivity (Wildman–Crippen MR) is 184 cm³/mol. The van der Waals surface area contributed by atoms with Crippen molar-refractivity contribution in [2.45, 2.75) is 70.2 Å². The van der Waals surface area contributed by atoms with Crippen LogP contribution in [0.15, 0.2) is 91.0 Å². The van der Waals surface area contributed by atoms with E-state index in [2.05, 4.69) is 10.6 Å². The van der Waals surface area contributed by atoms with E-state index in [0.717, 1.165) is 11.1 Å². The predicted octanol–water partition coefficient (Wildman–Crippen LogP) is 3.27. The van der Waals surface area contributed by atoms with Crippen LogP contribution in [0.1, 0.15) is 54.6 Å². The third-order valence-electron chi connectivity index (χ3n) is 8.82. The number of hydrogen-bond acceptors (Lipinski definition) is 8. The fourth-order valence-electron chi connectivity index (χ4n) is 5.96. The molecular weight excluding hydrogens is 608 g/mol. The minimum Gasteiger partial charge on any atom is -0.391 e. The first-order valence-corrected chi connectivity index (χ1v) is 16.7. The Hall–Kier alpha value is -4.38. The molecule has 2 amide bonds. The van der Waals surface area contributed by atoms with Gasteiger partial charge in [-0.2, -0.15) is 0 Å². The van der Waals surface area contributed by atoms with E-state index in [1.165, 1.54) is 0 Å². The second kappa shape index (κ2) is 18.2. The Balaban J connectivity index is 1.31. The number of nitrogens with one attached hydrogen (secondary N) is 2. The number of likely N-dealkylation sites (tertiary alicyclic amines) is 1. The number of piperidine rings is 1. The highest BCUT2D eigenvalue weighted by Crippen LogP contribution is 2.20. The number of hydrogen-bond donors (Lipinski definition) is 4. The number of aliphatic hydroxyl groups is 1. The fourth-order valence-corrected chi connectivity index (χ4v) is 5.96. The number of nitrogens with zero attached hydrogens (tertiary/aromatic N) is 1. The number of rotatable bonds is 15. The summed E-state index contributed by atoms with van der Waals surface area (Å²) in [6, 6.07) is 26.3. The molecule has 0 aromatic heterocycles. The van der Waals surface area contributed by atoms with Gasteiger partial charge in [0.2, 0.25) is 11.8 Å². The molecule has 4 rings (SSSR count). The van der Waals surface area contributed by atoms with E-state index >= 15 is 0 Å². The number of carbonyl (C=O) groups is 4. The van der Waals surface area contributed by atoms with Crippen molar-refractivity contribution in [3.63, 3.8) is 0 Å². The number of amides is 2. The highest BCUT2D eigenvalue weighted by atomic mass is 16.6. The van der Waals surface area contributed by atoms with Crippen molar-refractivity contribution in [1.82, 2.24) is 15.5 Å². The third kappa shape index (κ3) is 11.1. The molecule has 3 aromatic rings. The van der Waals surface area contributed by atoms with Crippen molar-refractivity contribution < 1.29 is 29.0 Å². The zero-order valence-electron chi connectivity index (χ0n) is 27.8. The van der Waals surface area contributed by atoms with Gasteiger partial charge in [-0.25, -0.2) is 4.79 Å². The van der Waals surface area contributed by atoms with Gasteiger partial charge in [-0.05, 0) is 61.3 Å². The Labute approximate surface area is 283 Å². The Morgan fingerprint density at radius 1 is 0.854 bits per heavy atom. The Morgan fingerprint density at radius 2 is 1.40 bits per heavy atom. The van der Waals surface area contributed by atoms with Gasteiger partial charge in [0.1, 0.15) is 6.04 Å². The van der Waals surface area contributed by atoms with Crippen LogP contribution in [0, 0.1) is 11.8 Å². The molecule has 48 heavy (non-hydrogen) atoms. The molecule has 1 saturated heterocycles. The zero-order valence-corrected chi connectivity index (χ0v) is 27.8. The molecule has 1 aliphatic rings. The standard InChI is InChI=1S/C38H48N4O6/c1-26(2)35(37(46)42-20-18-31(19-21-42)40-25-34(44)48-38(47)29-16-10-5-11-17-29)41-36(45)30(22-27-12-6-3-7-13-27)24-33(43)32(39)23-28-14-8-4-9-15-28/h3-17,26,30-33,35,40,43H,18-25,39H2,1-2H3,(H,41,45)/t30-,32+,33-,35-/m0/s1. The molecule has 1 fully saturated rings. The van der Waals surface area contributed by atoms with Gasteiger partial charge < -0.3 is 31.1 Å². The van der Waals surface area contributed by atoms with Gasteiger partial charge in [-0.15, -0.1) is 0 Å². The van der Waals surface area contributed by atoms with Crippen LogP contribution in [0.2, 0.25) is 0 Å². The van der Waals surface area contributed by atoms with E-state index in [0.29, 0.717) is 44.3 Å². The molecule has 10 nitrogen and oxygen atoms in total. The number of ether oxygens (including phenoxy) is 1. The molecule has 10 heteroatoms. The number of nitrogens with two attached hydrogens (primary N) is 1. The number of esters is 2. The maximum Gasteiger partial charge on any atom is 0.345 e. The summed E-state index contributed by atoms with van der Waals surface area (Å²) in [7, 11) is 0. The SMILES string of the molecule is CC(C)[C@H](NC(=O)[C@@H](Cc1ccccc1)C[C@H](O)[C@H](N)Cc1ccccc1)C(=O)N1CCC(NCC(=O)OC(=O)c2ccccc2)CC1. The largest absolute Gasteiger partial charge is 0.391 e. The zero-order chi connectivity index (χ0) is 34.5. The summed E-state index contributed by atoms with van der Waals surface area (Å²) in [4.78, 5) is 53.7. The van der Waals surface area contributed by atoms with Crippen molar-refractivity contribution in [2.24, 2.45) is 17.6 Å². The number of aliphatic hydroxyl groups excluding tert-OH is 1. The summed E-state index contributed by atoms with van der Waals surface area (Å²) in [5.41, 5.74) is 8.66. The molecule has 256 valence electrons. The molecule has 1 heterocycles. The molecule has 3 aromatic carbocycles. The molecule has 0 saturated carbocycles. The monoisotopic (exact) mass is 656 g/mol. The second-order valence-electron chi connectivity index (χ2n) is 12.9. The lowest BCUT2D eigenvalue weighted by Crippen LogP contribution is -2.55. The Kier molecular flexibility index (Phi) is 13.9. The van der Waals surface area contributed by atoms with Crippen LogP contribution in [0.5, 0.6) is 0 Å². The minimum absolute atomic E-state index is 0.0302. The maximum atomic E-state index is 13.8. The van der Waals surface area contributed by atoms with E-state index < -0.39 is 36.0 Å². The summed E-state index contributed by atoms with van der Waals surface area (Å²) in [5, 5.41) is 17.3. The van der Waals surface area contributed by atoms with Crippen LogP contribution >= 0.6 is 0 Å². The van der Waals surface area contributed by atoms with Crippen LogP contribution in [0.25, 0.3) is 0 Å². The first kappa shape index (κ1) is 36.5. The highest BCUT2D eigenvalue weighted by molar-refractivity contribution is 5.97. The number of benzene rings is 3. The van der Waals surface area contributed by atoms with Crippen molar-refractivity contribution in [3.8, 4) is 0 Å². The molecule has 4 atom stereocenters. The second-order valence-corrected chi connectivity index (χ2v) is 12.9. The van der Waals surface area contributed by atoms with E-state index in [1.54, 1.807) is 35.2 Å². The quantitative estimate of drug-likeness (QED) is 0.144. The molecule has 0 spiro atoms. The topological polar surface area (TPSA) is 151 Å². The average molecular weight is 657 g/mol. The van der Waals surface area contributed by atoms with Gasteiger partial charge in [0.25, 0.3) is 0 Å². The molecular formula is C38H48N4O6. The summed E-state index contributed by atoms with van der Waals surface area (Å²) in [5.74, 6) is -2.58. The number of carbonyl (C=O) groups excluding carboxylic acids is 4. The van der Waals surface area contributed by atoms with E-state index in [-0.39, 0.29) is 36.7 Å². The van der Waals surface area contributed by atoms with Gasteiger partial charge in [0.05, 0.1) is 18.2 Å². The molecule has 5 N–H and O–H groups in total. The Morgan fingerprint density at radius 3 is 1.96 bits per heavy atom. The lowest BCUT2D eigenvalue weighted by atomic mass is 9.88. The molecule has 0 bridgehead atoms. The van der Waals surface area contributed by atoms with Gasteiger partial charge in [0.15, 0.2) is 0 Å². The normalized spacial score (nSPS) is 16.1. The van der Waals surface area contributed by atoms with Crippen LogP contribution in [0.3, 0.4) is 0 Å². The Bertz CT molecular complexity index is 1460. The van der Waals surface area contributed by atoms with Crippen LogP contribution in [0.4, 0.5) is 0 Å². The molecule has 0 unspecified atom stereocenters. The van der Waals surface area contributed by atoms with Crippen molar-refractivity contribution in [3.05, 3.63) is 108 Å². The van der Waals surface area contributed by atoms with Crippen LogP contribution in [-0.4, -0.2) is 77.6 Å². The first-order chi connectivity index (χ1) is 23.1. The van der Waals surface area contributed by atoms with Gasteiger partial charge in [-0.1, -0.05) is 92.7 Å². The summed E-state index contributed by atoms with van der Waals surface area (Å²) in [6.45, 7) is 4.58. The summed E-state index contributed by atoms with van der Waals surface area (Å²) < 4.78 is 4.93. The van der Waals surface area contributed by atoms with E-state index in [1.807, 2.05) is 74.5 Å². The van der Waals surface area contributed by atoms with E-state index in [4.69, 9.17) is 10.5 Å². The minimum atomic E-state index is -0.918. The van der Waals surface area contributed by atoms with Gasteiger partial charge in [0, 0.05) is 31.1 Å². The maximum absolute atomic E-state index is 13.8. The van der Waals surface area contributed by atoms with Crippen LogP contribution < -0.4 is 16.4 Å². The third-order valence-corrected chi connectivity index (χ3v) is 8.82. The van der Waals surface area contributed by atoms with E-state index in [9.17, 15) is 24.3 Å². The van der Waals surface area contributed by atoms with Gasteiger partial charge in [-0.3, -0.25) is 14.4 Å². The fraction of sp³-hybridized carbons (Fsp3) is 0.421. The van der Waals surface area contributed by atoms with Crippen LogP contribution in [-0.2, 0) is 32.0 Å². The lowest BCUT2D eigenvalue weighted by molar-refractivity contribution is -0.140. The van der Waals surface area contributed by atoms with Crippen molar-refractivity contribution >= 4 is 23.8 Å². The summed E-state index contributed by atoms with van der Waals surface area (Å²) >= 11 is 0. The van der Waals surface area contributed by atoms with Crippen molar-refractivity contribution in [1.29, 1.82) is 0 Å². The smallest absolute Gasteiger partial charge is 0.345 e. The highest BCUT2D eigenvalue weighted by Gasteiger charge is 2.34. The molecule has 0 radical (unpaired) electrons.